The molecule has 1 aromatic heterocycles. The molecule has 2 aromatic rings. The zero-order valence-electron chi connectivity index (χ0n) is 15.2. The smallest absolute Gasteiger partial charge is 0.408 e. The highest BCUT2D eigenvalue weighted by Gasteiger charge is 2.42. The Balaban J connectivity index is 2.02. The van der Waals surface area contributed by atoms with E-state index >= 15 is 0 Å². The molecule has 1 N–H and O–H groups in total. The average Bonchev–Trinajstić information content (AvgIpc) is 3.09. The van der Waals surface area contributed by atoms with E-state index in [1.165, 1.54) is 6.07 Å². The lowest BCUT2D eigenvalue weighted by atomic mass is 9.91. The second kappa shape index (κ2) is 6.26. The molecule has 0 saturated carbocycles. The van der Waals surface area contributed by atoms with Crippen molar-refractivity contribution in [3.05, 3.63) is 28.2 Å². The first-order chi connectivity index (χ1) is 11.6. The van der Waals surface area contributed by atoms with Crippen LogP contribution in [-0.2, 0) is 10.0 Å². The van der Waals surface area contributed by atoms with E-state index in [0.29, 0.717) is 30.1 Å². The fourth-order valence-electron chi connectivity index (χ4n) is 3.68. The van der Waals surface area contributed by atoms with Gasteiger partial charge in [0.1, 0.15) is 0 Å². The molecule has 1 saturated heterocycles. The van der Waals surface area contributed by atoms with Crippen molar-refractivity contribution in [3.63, 3.8) is 0 Å². The molecule has 0 bridgehead atoms. The highest BCUT2D eigenvalue weighted by atomic mass is 32.2. The summed E-state index contributed by atoms with van der Waals surface area (Å²) >= 11 is 0. The molecule has 1 aromatic carbocycles. The van der Waals surface area contributed by atoms with Crippen LogP contribution < -0.4 is 5.76 Å². The topological polar surface area (TPSA) is 86.6 Å². The van der Waals surface area contributed by atoms with Crippen LogP contribution in [0.3, 0.4) is 0 Å². The van der Waals surface area contributed by atoms with E-state index in [9.17, 15) is 13.2 Å². The normalized spacial score (nSPS) is 22.5. The summed E-state index contributed by atoms with van der Waals surface area (Å²) < 4.78 is 33.0. The third kappa shape index (κ3) is 3.14. The molecule has 3 rings (SSSR count). The molecule has 8 heteroatoms. The van der Waals surface area contributed by atoms with E-state index in [1.54, 1.807) is 17.3 Å². The number of nitrogens with zero attached hydrogens (tertiary/aromatic N) is 2. The zero-order chi connectivity index (χ0) is 18.5. The number of aromatic nitrogens is 1. The van der Waals surface area contributed by atoms with Crippen molar-refractivity contribution < 1.29 is 12.8 Å². The van der Waals surface area contributed by atoms with Crippen molar-refractivity contribution in [1.82, 2.24) is 14.2 Å². The van der Waals surface area contributed by atoms with Crippen LogP contribution in [0.2, 0.25) is 0 Å². The van der Waals surface area contributed by atoms with Crippen LogP contribution in [-0.4, -0.2) is 55.8 Å². The Kier molecular flexibility index (Phi) is 4.55. The fraction of sp³-hybridized carbons (Fsp3) is 0.588. The highest BCUT2D eigenvalue weighted by molar-refractivity contribution is 7.89. The van der Waals surface area contributed by atoms with Gasteiger partial charge in [0.05, 0.1) is 10.4 Å². The van der Waals surface area contributed by atoms with Crippen molar-refractivity contribution >= 4 is 21.1 Å². The fourth-order valence-corrected chi connectivity index (χ4v) is 5.39. The molecule has 0 amide bonds. The van der Waals surface area contributed by atoms with Crippen molar-refractivity contribution in [1.29, 1.82) is 0 Å². The van der Waals surface area contributed by atoms with Crippen LogP contribution in [0.5, 0.6) is 0 Å². The van der Waals surface area contributed by atoms with Gasteiger partial charge in [0.25, 0.3) is 0 Å². The van der Waals surface area contributed by atoms with Crippen molar-refractivity contribution in [2.45, 2.75) is 31.7 Å². The summed E-state index contributed by atoms with van der Waals surface area (Å²) in [6, 6.07) is 3.28. The van der Waals surface area contributed by atoms with Gasteiger partial charge in [-0.25, -0.2) is 13.2 Å². The molecule has 0 spiro atoms. The number of sulfonamides is 1. The van der Waals surface area contributed by atoms with Gasteiger partial charge in [0, 0.05) is 25.2 Å². The Morgan fingerprint density at radius 2 is 1.96 bits per heavy atom. The van der Waals surface area contributed by atoms with Crippen LogP contribution in [0.1, 0.15) is 19.4 Å². The molecule has 0 radical (unpaired) electrons. The minimum absolute atomic E-state index is 0.184. The van der Waals surface area contributed by atoms with E-state index in [0.717, 1.165) is 0 Å². The number of hydrogen-bond acceptors (Lipinski definition) is 5. The summed E-state index contributed by atoms with van der Waals surface area (Å²) in [7, 11) is 0.322. The number of aryl methyl sites for hydroxylation is 1. The van der Waals surface area contributed by atoms with Crippen LogP contribution in [0.25, 0.3) is 11.1 Å². The van der Waals surface area contributed by atoms with E-state index in [1.807, 2.05) is 14.1 Å². The predicted octanol–water partition coefficient (Wildman–Crippen LogP) is 1.64. The van der Waals surface area contributed by atoms with Crippen LogP contribution in [0, 0.1) is 18.8 Å². The summed E-state index contributed by atoms with van der Waals surface area (Å²) in [4.78, 5) is 16.2. The average molecular weight is 367 g/mol. The van der Waals surface area contributed by atoms with Gasteiger partial charge in [-0.05, 0) is 44.5 Å². The second-order valence-electron chi connectivity index (χ2n) is 7.39. The molecule has 0 unspecified atom stereocenters. The Bertz CT molecular complexity index is 926. The van der Waals surface area contributed by atoms with E-state index in [4.69, 9.17) is 4.42 Å². The van der Waals surface area contributed by atoms with E-state index < -0.39 is 15.8 Å². The number of benzene rings is 1. The minimum atomic E-state index is -3.65. The standard InChI is InChI=1S/C17H25N3O4S/c1-10(2)12-8-20(9-14(12)19(4)5)25(22,23)16-7-15-13(6-11(16)3)18-17(21)24-15/h6-7,10,12,14H,8-9H2,1-5H3,(H,18,21)/t12-,14+/m0/s1. The number of hydrogen-bond donors (Lipinski definition) is 1. The van der Waals surface area contributed by atoms with Gasteiger partial charge in [0.2, 0.25) is 10.0 Å². The Morgan fingerprint density at radius 1 is 1.28 bits per heavy atom. The first kappa shape index (κ1) is 18.2. The predicted molar refractivity (Wildman–Crippen MR) is 96.1 cm³/mol. The third-order valence-electron chi connectivity index (χ3n) is 5.15. The van der Waals surface area contributed by atoms with Crippen molar-refractivity contribution in [2.24, 2.45) is 11.8 Å². The Morgan fingerprint density at radius 3 is 2.52 bits per heavy atom. The maximum Gasteiger partial charge on any atom is 0.417 e. The lowest BCUT2D eigenvalue weighted by molar-refractivity contribution is 0.216. The van der Waals surface area contributed by atoms with Gasteiger partial charge in [-0.1, -0.05) is 13.8 Å². The number of rotatable bonds is 4. The highest BCUT2D eigenvalue weighted by Crippen LogP contribution is 2.33. The summed E-state index contributed by atoms with van der Waals surface area (Å²) in [5.74, 6) is 0.0792. The zero-order valence-corrected chi connectivity index (χ0v) is 16.1. The monoisotopic (exact) mass is 367 g/mol. The summed E-state index contributed by atoms with van der Waals surface area (Å²) in [6.45, 7) is 6.95. The molecule has 25 heavy (non-hydrogen) atoms. The number of H-pyrrole nitrogens is 1. The number of oxazole rings is 1. The maximum absolute atomic E-state index is 13.2. The largest absolute Gasteiger partial charge is 0.417 e. The molecular weight excluding hydrogens is 342 g/mol. The molecule has 2 heterocycles. The first-order valence-corrected chi connectivity index (χ1v) is 9.85. The molecule has 138 valence electrons. The molecule has 1 aliphatic heterocycles. The molecule has 2 atom stereocenters. The first-order valence-electron chi connectivity index (χ1n) is 8.41. The number of nitrogens with one attached hydrogen (secondary N) is 1. The summed E-state index contributed by atoms with van der Waals surface area (Å²) in [5, 5.41) is 0. The summed E-state index contributed by atoms with van der Waals surface area (Å²) in [6.07, 6.45) is 0. The van der Waals surface area contributed by atoms with Crippen LogP contribution in [0.15, 0.2) is 26.2 Å². The quantitative estimate of drug-likeness (QED) is 0.888. The van der Waals surface area contributed by atoms with Crippen LogP contribution >= 0.6 is 0 Å². The molecule has 1 aliphatic rings. The third-order valence-corrected chi connectivity index (χ3v) is 7.13. The number of aromatic amines is 1. The van der Waals surface area contributed by atoms with E-state index in [-0.39, 0.29) is 22.4 Å². The van der Waals surface area contributed by atoms with E-state index in [2.05, 4.69) is 23.7 Å². The van der Waals surface area contributed by atoms with Crippen molar-refractivity contribution in [3.8, 4) is 0 Å². The number of likely N-dealkylation sites (N-methyl/N-ethyl adjacent to an activating group) is 1. The minimum Gasteiger partial charge on any atom is -0.408 e. The SMILES string of the molecule is Cc1cc2[nH]c(=O)oc2cc1S(=O)(=O)N1C[C@@H](N(C)C)[C@H](C(C)C)C1. The van der Waals surface area contributed by atoms with Gasteiger partial charge < -0.3 is 9.32 Å². The van der Waals surface area contributed by atoms with Gasteiger partial charge in [-0.3, -0.25) is 4.98 Å². The summed E-state index contributed by atoms with van der Waals surface area (Å²) in [5.41, 5.74) is 1.37. The molecule has 1 fully saturated rings. The Hall–Kier alpha value is -1.64. The van der Waals surface area contributed by atoms with Crippen molar-refractivity contribution in [2.75, 3.05) is 27.2 Å². The van der Waals surface area contributed by atoms with Gasteiger partial charge in [0.15, 0.2) is 5.58 Å². The maximum atomic E-state index is 13.2. The second-order valence-corrected chi connectivity index (χ2v) is 9.30. The van der Waals surface area contributed by atoms with Gasteiger partial charge >= 0.3 is 5.76 Å². The van der Waals surface area contributed by atoms with Crippen LogP contribution in [0.4, 0.5) is 0 Å². The molecule has 7 nitrogen and oxygen atoms in total. The number of fused-ring (bicyclic) bond motifs is 1. The van der Waals surface area contributed by atoms with Gasteiger partial charge in [-0.15, -0.1) is 0 Å². The Labute approximate surface area is 147 Å². The lowest BCUT2D eigenvalue weighted by Gasteiger charge is -2.27. The molecule has 0 aliphatic carbocycles. The molecular formula is C17H25N3O4S. The van der Waals surface area contributed by atoms with Gasteiger partial charge in [-0.2, -0.15) is 4.31 Å². The lowest BCUT2D eigenvalue weighted by Crippen LogP contribution is -2.37.